The van der Waals surface area contributed by atoms with E-state index in [0.717, 1.165) is 11.4 Å². The van der Waals surface area contributed by atoms with Gasteiger partial charge < -0.3 is 9.13 Å². The van der Waals surface area contributed by atoms with E-state index in [1.54, 1.807) is 0 Å². The fourth-order valence-electron chi connectivity index (χ4n) is 8.63. The fourth-order valence-corrected chi connectivity index (χ4v) is 8.63. The number of hydrogen-bond donors (Lipinski definition) is 0. The van der Waals surface area contributed by atoms with Crippen molar-refractivity contribution in [1.29, 1.82) is 0 Å². The van der Waals surface area contributed by atoms with Crippen molar-refractivity contribution in [3.63, 3.8) is 0 Å². The maximum Gasteiger partial charge on any atom is 0.0641 e. The second-order valence-corrected chi connectivity index (χ2v) is 14.1. The molecule has 0 N–H and O–H groups in total. The Morgan fingerprint density at radius 3 is 1.43 bits per heavy atom. The van der Waals surface area contributed by atoms with Crippen molar-refractivity contribution in [2.45, 2.75) is 0 Å². The molecule has 252 valence electrons. The van der Waals surface area contributed by atoms with E-state index in [1.807, 2.05) is 0 Å². The van der Waals surface area contributed by atoms with E-state index in [0.29, 0.717) is 0 Å². The van der Waals surface area contributed by atoms with Crippen LogP contribution in [0.5, 0.6) is 0 Å². The number of nitrogens with zero attached hydrogens (tertiary/aromatic N) is 2. The highest BCUT2D eigenvalue weighted by atomic mass is 15.0. The second-order valence-electron chi connectivity index (χ2n) is 14.1. The predicted molar refractivity (Wildman–Crippen MR) is 229 cm³/mol. The Kier molecular flexibility index (Phi) is 6.90. The third-order valence-corrected chi connectivity index (χ3v) is 11.1. The number of para-hydroxylation sites is 2. The number of fused-ring (bicyclic) bond motifs is 9. The van der Waals surface area contributed by atoms with Gasteiger partial charge in [-0.2, -0.15) is 0 Å². The van der Waals surface area contributed by atoms with Crippen molar-refractivity contribution in [3.05, 3.63) is 206 Å². The summed E-state index contributed by atoms with van der Waals surface area (Å²) in [5.41, 5.74) is 14.4. The van der Waals surface area contributed by atoms with E-state index in [2.05, 4.69) is 215 Å². The Balaban J connectivity index is 1.17. The summed E-state index contributed by atoms with van der Waals surface area (Å²) in [7, 11) is 0. The van der Waals surface area contributed by atoms with Crippen molar-refractivity contribution >= 4 is 54.4 Å². The van der Waals surface area contributed by atoms with Gasteiger partial charge in [-0.05, 0) is 105 Å². The smallest absolute Gasteiger partial charge is 0.0641 e. The molecule has 2 heterocycles. The summed E-state index contributed by atoms with van der Waals surface area (Å²) in [4.78, 5) is 0. The van der Waals surface area contributed by atoms with Gasteiger partial charge in [0.05, 0.1) is 22.1 Å². The van der Waals surface area contributed by atoms with Gasteiger partial charge in [0.2, 0.25) is 0 Å². The summed E-state index contributed by atoms with van der Waals surface area (Å²) in [5, 5.41) is 7.57. The predicted octanol–water partition coefficient (Wildman–Crippen LogP) is 14.0. The first-order valence-electron chi connectivity index (χ1n) is 18.6. The van der Waals surface area contributed by atoms with Gasteiger partial charge in [0.1, 0.15) is 0 Å². The monoisotopic (exact) mass is 686 g/mol. The van der Waals surface area contributed by atoms with Crippen LogP contribution < -0.4 is 0 Å². The zero-order valence-electron chi connectivity index (χ0n) is 29.5. The van der Waals surface area contributed by atoms with Gasteiger partial charge in [-0.15, -0.1) is 0 Å². The quantitative estimate of drug-likeness (QED) is 0.171. The molecule has 0 unspecified atom stereocenters. The van der Waals surface area contributed by atoms with Crippen LogP contribution in [0.15, 0.2) is 206 Å². The van der Waals surface area contributed by atoms with Crippen LogP contribution in [-0.4, -0.2) is 9.13 Å². The number of hydrogen-bond acceptors (Lipinski definition) is 0. The molecular weight excluding hydrogens is 653 g/mol. The minimum Gasteiger partial charge on any atom is -0.309 e. The molecule has 2 nitrogen and oxygen atoms in total. The third-order valence-electron chi connectivity index (χ3n) is 11.1. The van der Waals surface area contributed by atoms with Crippen molar-refractivity contribution in [2.24, 2.45) is 0 Å². The molecule has 0 fully saturated rings. The highest BCUT2D eigenvalue weighted by Gasteiger charge is 2.22. The van der Waals surface area contributed by atoms with E-state index in [4.69, 9.17) is 0 Å². The van der Waals surface area contributed by atoms with E-state index in [1.165, 1.54) is 87.8 Å². The average Bonchev–Trinajstić information content (AvgIpc) is 3.78. The first-order chi connectivity index (χ1) is 26.8. The molecule has 2 heteroatoms. The maximum absolute atomic E-state index is 2.49. The molecule has 9 aromatic carbocycles. The molecule has 0 radical (unpaired) electrons. The summed E-state index contributed by atoms with van der Waals surface area (Å²) >= 11 is 0. The van der Waals surface area contributed by atoms with Crippen LogP contribution in [0.25, 0.3) is 99.1 Å². The molecule has 0 aliphatic heterocycles. The van der Waals surface area contributed by atoms with Crippen LogP contribution in [-0.2, 0) is 0 Å². The topological polar surface area (TPSA) is 9.86 Å². The Bertz CT molecular complexity index is 3110. The highest BCUT2D eigenvalue weighted by molar-refractivity contribution is 6.31. The molecule has 11 rings (SSSR count). The molecule has 0 saturated carbocycles. The molecule has 54 heavy (non-hydrogen) atoms. The van der Waals surface area contributed by atoms with E-state index >= 15 is 0 Å². The maximum atomic E-state index is 2.49. The highest BCUT2D eigenvalue weighted by Crippen LogP contribution is 2.44. The molecule has 0 atom stereocenters. The molecule has 0 aliphatic rings. The summed E-state index contributed by atoms with van der Waals surface area (Å²) in [6.07, 6.45) is 0. The largest absolute Gasteiger partial charge is 0.309 e. The Hall–Kier alpha value is -7.16. The molecule has 0 spiro atoms. The van der Waals surface area contributed by atoms with Gasteiger partial charge in [0, 0.05) is 32.9 Å². The standard InChI is InChI=1S/C52H34N2/c1-4-14-35(15-5-1)39-32-40(36-16-6-2-7-17-36)34-41(33-39)37-24-27-43(28-25-37)54-47-23-13-12-22-45(47)46-29-31-49-51(52(46)54)50-44-21-11-10-18-38(44)26-30-48(50)53(49)42-19-8-3-9-20-42/h1-34H. The molecular formula is C52H34N2. The lowest BCUT2D eigenvalue weighted by atomic mass is 9.93. The lowest BCUT2D eigenvalue weighted by molar-refractivity contribution is 1.17. The molecule has 0 bridgehead atoms. The first kappa shape index (κ1) is 30.5. The third kappa shape index (κ3) is 4.74. The Morgan fingerprint density at radius 1 is 0.259 bits per heavy atom. The zero-order chi connectivity index (χ0) is 35.6. The lowest BCUT2D eigenvalue weighted by Gasteiger charge is -2.13. The Morgan fingerprint density at radius 2 is 0.759 bits per heavy atom. The van der Waals surface area contributed by atoms with Gasteiger partial charge in [0.25, 0.3) is 0 Å². The van der Waals surface area contributed by atoms with Crippen molar-refractivity contribution in [2.75, 3.05) is 0 Å². The molecule has 11 aromatic rings. The van der Waals surface area contributed by atoms with Crippen molar-refractivity contribution in [1.82, 2.24) is 9.13 Å². The lowest BCUT2D eigenvalue weighted by Crippen LogP contribution is -1.95. The first-order valence-corrected chi connectivity index (χ1v) is 18.6. The van der Waals surface area contributed by atoms with Crippen LogP contribution in [0.1, 0.15) is 0 Å². The minimum absolute atomic E-state index is 1.14. The van der Waals surface area contributed by atoms with Gasteiger partial charge in [-0.3, -0.25) is 0 Å². The summed E-state index contributed by atoms with van der Waals surface area (Å²) in [5.74, 6) is 0. The van der Waals surface area contributed by atoms with Crippen LogP contribution in [0, 0.1) is 0 Å². The van der Waals surface area contributed by atoms with Gasteiger partial charge in [-0.25, -0.2) is 0 Å². The minimum atomic E-state index is 1.14. The normalized spacial score (nSPS) is 11.7. The number of rotatable bonds is 5. The molecule has 0 aliphatic carbocycles. The van der Waals surface area contributed by atoms with Crippen LogP contribution in [0.4, 0.5) is 0 Å². The Labute approximate surface area is 313 Å². The summed E-state index contributed by atoms with van der Waals surface area (Å²) in [6.45, 7) is 0. The zero-order valence-corrected chi connectivity index (χ0v) is 29.5. The van der Waals surface area contributed by atoms with E-state index in [9.17, 15) is 0 Å². The van der Waals surface area contributed by atoms with Crippen molar-refractivity contribution in [3.8, 4) is 44.8 Å². The second kappa shape index (κ2) is 12.2. The van der Waals surface area contributed by atoms with Crippen molar-refractivity contribution < 1.29 is 0 Å². The number of aromatic nitrogens is 2. The number of benzene rings is 9. The van der Waals surface area contributed by atoms with E-state index in [-0.39, 0.29) is 0 Å². The summed E-state index contributed by atoms with van der Waals surface area (Å²) in [6, 6.07) is 75.1. The summed E-state index contributed by atoms with van der Waals surface area (Å²) < 4.78 is 4.93. The fraction of sp³-hybridized carbons (Fsp3) is 0. The van der Waals surface area contributed by atoms with Crippen LogP contribution >= 0.6 is 0 Å². The SMILES string of the molecule is c1ccc(-c2cc(-c3ccccc3)cc(-c3ccc(-n4c5ccccc5c5ccc6c(c7c8ccccc8ccc7n6-c6ccccc6)c54)cc3)c2)cc1. The van der Waals surface area contributed by atoms with Crippen LogP contribution in [0.3, 0.4) is 0 Å². The molecule has 2 aromatic heterocycles. The molecule has 0 saturated heterocycles. The molecule has 0 amide bonds. The van der Waals surface area contributed by atoms with Gasteiger partial charge >= 0.3 is 0 Å². The van der Waals surface area contributed by atoms with Gasteiger partial charge in [0.15, 0.2) is 0 Å². The van der Waals surface area contributed by atoms with Crippen LogP contribution in [0.2, 0.25) is 0 Å². The average molecular weight is 687 g/mol. The van der Waals surface area contributed by atoms with E-state index < -0.39 is 0 Å². The van der Waals surface area contributed by atoms with Gasteiger partial charge in [-0.1, -0.05) is 146 Å².